The molecule has 0 radical (unpaired) electrons. The third-order valence-corrected chi connectivity index (χ3v) is 5.94. The molecule has 3 aromatic heterocycles. The van der Waals surface area contributed by atoms with Crippen molar-refractivity contribution in [1.29, 1.82) is 0 Å². The minimum atomic E-state index is -0.750. The van der Waals surface area contributed by atoms with Gasteiger partial charge in [0.1, 0.15) is 12.0 Å². The Morgan fingerprint density at radius 2 is 2.03 bits per heavy atom. The largest absolute Gasteiger partial charge is 0.363 e. The van der Waals surface area contributed by atoms with Gasteiger partial charge in [-0.1, -0.05) is 0 Å². The Morgan fingerprint density at radius 3 is 2.79 bits per heavy atom. The van der Waals surface area contributed by atoms with E-state index in [-0.39, 0.29) is 0 Å². The van der Waals surface area contributed by atoms with Crippen molar-refractivity contribution in [2.75, 3.05) is 25.0 Å². The Kier molecular flexibility index (Phi) is 5.68. The van der Waals surface area contributed by atoms with Crippen LogP contribution in [0.15, 0.2) is 30.9 Å². The third kappa shape index (κ3) is 3.79. The molecule has 1 N–H and O–H groups in total. The van der Waals surface area contributed by atoms with Gasteiger partial charge in [-0.25, -0.2) is 15.0 Å². The third-order valence-electron chi connectivity index (χ3n) is 5.94. The molecule has 29 heavy (non-hydrogen) atoms. The number of H-pyrrole nitrogens is 1. The van der Waals surface area contributed by atoms with E-state index in [9.17, 15) is 0 Å². The van der Waals surface area contributed by atoms with Gasteiger partial charge in [0.15, 0.2) is 0 Å². The van der Waals surface area contributed by atoms with Gasteiger partial charge >= 0.3 is 11.6 Å². The second-order valence-electron chi connectivity index (χ2n) is 7.75. The Balaban J connectivity index is 0.000000645. The lowest BCUT2D eigenvalue weighted by molar-refractivity contribution is 0.410. The van der Waals surface area contributed by atoms with Gasteiger partial charge in [-0.2, -0.15) is 8.42 Å². The first-order valence-corrected chi connectivity index (χ1v) is 10.4. The van der Waals surface area contributed by atoms with Crippen LogP contribution in [0, 0.1) is 0 Å². The van der Waals surface area contributed by atoms with E-state index in [0.717, 1.165) is 31.7 Å². The average molecular weight is 413 g/mol. The van der Waals surface area contributed by atoms with Crippen LogP contribution in [0.5, 0.6) is 0 Å². The van der Waals surface area contributed by atoms with Crippen LogP contribution in [0.1, 0.15) is 36.2 Å². The first-order valence-electron chi connectivity index (χ1n) is 9.74. The van der Waals surface area contributed by atoms with Crippen LogP contribution < -0.4 is 4.90 Å². The monoisotopic (exact) mass is 412 g/mol. The lowest BCUT2D eigenvalue weighted by Crippen LogP contribution is -2.40. The molecule has 3 aromatic rings. The van der Waals surface area contributed by atoms with Gasteiger partial charge in [0.2, 0.25) is 0 Å². The van der Waals surface area contributed by atoms with E-state index in [1.54, 1.807) is 6.33 Å². The van der Waals surface area contributed by atoms with Crippen molar-refractivity contribution in [3.05, 3.63) is 47.8 Å². The fourth-order valence-electron chi connectivity index (χ4n) is 4.56. The van der Waals surface area contributed by atoms with Crippen LogP contribution in [0.2, 0.25) is 0 Å². The number of anilines is 1. The molecular weight excluding hydrogens is 388 g/mol. The zero-order valence-corrected chi connectivity index (χ0v) is 17.4. The molecule has 2 aliphatic rings. The summed E-state index contributed by atoms with van der Waals surface area (Å²) in [7, 11) is 2.20. The number of fused-ring (bicyclic) bond motifs is 2. The first kappa shape index (κ1) is 19.7. The zero-order chi connectivity index (χ0) is 20.4. The molecular formula is C20H24N6O2S. The summed E-state index contributed by atoms with van der Waals surface area (Å²) in [5.41, 5.74) is 6.02. The number of rotatable bonds is 2. The van der Waals surface area contributed by atoms with E-state index >= 15 is 0 Å². The summed E-state index contributed by atoms with van der Waals surface area (Å²) in [6, 6.07) is 4.65. The molecule has 0 amide bonds. The van der Waals surface area contributed by atoms with Gasteiger partial charge < -0.3 is 14.8 Å². The molecule has 0 saturated carbocycles. The fraction of sp³-hybridized carbons (Fsp3) is 0.450. The zero-order valence-electron chi connectivity index (χ0n) is 16.5. The van der Waals surface area contributed by atoms with Gasteiger partial charge in [-0.15, -0.1) is 0 Å². The molecule has 152 valence electrons. The number of likely N-dealkylation sites (tertiary alicyclic amines) is 1. The van der Waals surface area contributed by atoms with Crippen molar-refractivity contribution < 1.29 is 8.42 Å². The highest BCUT2D eigenvalue weighted by molar-refractivity contribution is 7.51. The molecule has 0 aromatic carbocycles. The minimum absolute atomic E-state index is 0.400. The van der Waals surface area contributed by atoms with E-state index < -0.39 is 11.6 Å². The number of likely N-dealkylation sites (N-methyl/N-ethyl adjacent to an activating group) is 1. The van der Waals surface area contributed by atoms with E-state index in [2.05, 4.69) is 50.9 Å². The molecule has 1 saturated heterocycles. The average Bonchev–Trinajstić information content (AvgIpc) is 3.36. The smallest absolute Gasteiger partial charge is 0.335 e. The molecule has 0 bridgehead atoms. The summed E-state index contributed by atoms with van der Waals surface area (Å²) in [5.74, 6) is 0.525. The summed E-state index contributed by atoms with van der Waals surface area (Å²) >= 11 is -0.750. The Labute approximate surface area is 173 Å². The maximum absolute atomic E-state index is 8.29. The highest BCUT2D eigenvalue weighted by Gasteiger charge is 2.31. The normalized spacial score (nSPS) is 21.5. The van der Waals surface area contributed by atoms with Gasteiger partial charge in [0.05, 0.1) is 11.4 Å². The van der Waals surface area contributed by atoms with Crippen LogP contribution in [0.25, 0.3) is 11.0 Å². The number of hydrogen-bond donors (Lipinski definition) is 1. The number of aromatic nitrogens is 4. The summed E-state index contributed by atoms with van der Waals surface area (Å²) in [6.45, 7) is 5.40. The topological polar surface area (TPSA) is 95.1 Å². The minimum Gasteiger partial charge on any atom is -0.363 e. The SMILES string of the molecule is C[C@@H]1Cc2ncnc(C3CCN(C)C3)c2CN1c1ccnc2[nH]ccc12.O=S=O. The van der Waals surface area contributed by atoms with Crippen LogP contribution in [0.3, 0.4) is 0 Å². The molecule has 2 aliphatic heterocycles. The Morgan fingerprint density at radius 1 is 1.21 bits per heavy atom. The van der Waals surface area contributed by atoms with E-state index in [0.29, 0.717) is 12.0 Å². The predicted octanol–water partition coefficient (Wildman–Crippen LogP) is 2.05. The number of nitrogens with zero attached hydrogens (tertiary/aromatic N) is 5. The van der Waals surface area contributed by atoms with Crippen molar-refractivity contribution in [3.8, 4) is 0 Å². The molecule has 1 fully saturated rings. The van der Waals surface area contributed by atoms with Crippen LogP contribution >= 0.6 is 0 Å². The van der Waals surface area contributed by atoms with E-state index in [1.807, 2.05) is 12.4 Å². The standard InChI is InChI=1S/C20H24N6.O2S/c1-13-9-17-16(19(24-12-23-17)14-5-8-25(2)10-14)11-26(13)18-4-7-22-20-15(18)3-6-21-20;1-3-2/h3-4,6-7,12-14H,5,8-11H2,1-2H3,(H,21,22);/t13-,14?;/m1./s1. The lowest BCUT2D eigenvalue weighted by atomic mass is 9.92. The van der Waals surface area contributed by atoms with Gasteiger partial charge in [-0.05, 0) is 39.1 Å². The molecule has 5 heterocycles. The maximum Gasteiger partial charge on any atom is 0.335 e. The van der Waals surface area contributed by atoms with Gasteiger partial charge in [-0.3, -0.25) is 0 Å². The van der Waals surface area contributed by atoms with Crippen molar-refractivity contribution in [3.63, 3.8) is 0 Å². The quantitative estimate of drug-likeness (QED) is 0.688. The second-order valence-corrected chi connectivity index (χ2v) is 7.89. The fourth-order valence-corrected chi connectivity index (χ4v) is 4.56. The van der Waals surface area contributed by atoms with Crippen LogP contribution in [-0.2, 0) is 24.5 Å². The maximum atomic E-state index is 8.29. The summed E-state index contributed by atoms with van der Waals surface area (Å²) in [6.07, 6.45) is 7.78. The molecule has 9 heteroatoms. The van der Waals surface area contributed by atoms with E-state index in [1.165, 1.54) is 34.4 Å². The first-order chi connectivity index (χ1) is 14.1. The highest BCUT2D eigenvalue weighted by atomic mass is 32.1. The molecule has 5 rings (SSSR count). The molecule has 0 spiro atoms. The number of nitrogens with one attached hydrogen (secondary N) is 1. The van der Waals surface area contributed by atoms with Crippen molar-refractivity contribution in [2.45, 2.75) is 38.3 Å². The van der Waals surface area contributed by atoms with Gasteiger partial charge in [0, 0.05) is 60.5 Å². The second kappa shape index (κ2) is 8.38. The lowest BCUT2D eigenvalue weighted by Gasteiger charge is -2.37. The van der Waals surface area contributed by atoms with Crippen molar-refractivity contribution in [1.82, 2.24) is 24.8 Å². The predicted molar refractivity (Wildman–Crippen MR) is 111 cm³/mol. The number of hydrogen-bond acceptors (Lipinski definition) is 7. The Hall–Kier alpha value is -2.65. The summed E-state index contributed by atoms with van der Waals surface area (Å²) < 4.78 is 16.6. The van der Waals surface area contributed by atoms with Crippen LogP contribution in [0.4, 0.5) is 5.69 Å². The number of aromatic amines is 1. The van der Waals surface area contributed by atoms with Gasteiger partial charge in [0.25, 0.3) is 0 Å². The molecule has 8 nitrogen and oxygen atoms in total. The highest BCUT2D eigenvalue weighted by Crippen LogP contribution is 2.36. The summed E-state index contributed by atoms with van der Waals surface area (Å²) in [5, 5.41) is 1.18. The summed E-state index contributed by atoms with van der Waals surface area (Å²) in [4.78, 5) is 21.9. The molecule has 2 atom stereocenters. The van der Waals surface area contributed by atoms with E-state index in [4.69, 9.17) is 13.4 Å². The van der Waals surface area contributed by atoms with Crippen molar-refractivity contribution in [2.24, 2.45) is 0 Å². The number of pyridine rings is 1. The van der Waals surface area contributed by atoms with Crippen LogP contribution in [-0.4, -0.2) is 59.4 Å². The molecule has 1 unspecified atom stereocenters. The molecule has 0 aliphatic carbocycles. The van der Waals surface area contributed by atoms with Crippen molar-refractivity contribution >= 4 is 28.3 Å². The Bertz CT molecular complexity index is 1050.